The Hall–Kier alpha value is -2.12. The predicted octanol–water partition coefficient (Wildman–Crippen LogP) is 1.95. The number of nitrogens with one attached hydrogen (secondary N) is 1. The third-order valence-corrected chi connectivity index (χ3v) is 4.83. The van der Waals surface area contributed by atoms with Crippen LogP contribution in [0.1, 0.15) is 30.9 Å². The summed E-state index contributed by atoms with van der Waals surface area (Å²) in [7, 11) is -4.51. The smallest absolute Gasteiger partial charge is 0.365 e. The Bertz CT molecular complexity index is 799. The van der Waals surface area contributed by atoms with Gasteiger partial charge in [-0.15, -0.1) is 0 Å². The van der Waals surface area contributed by atoms with Crippen LogP contribution in [0, 0.1) is 11.3 Å². The number of nitriles is 1. The number of rotatable bonds is 3. The second kappa shape index (κ2) is 6.41. The summed E-state index contributed by atoms with van der Waals surface area (Å²) in [6, 6.07) is 3.26. The number of alkyl halides is 3. The van der Waals surface area contributed by atoms with E-state index in [1.54, 1.807) is 11.6 Å². The molecule has 0 saturated carbocycles. The molecule has 1 N–H and O–H groups in total. The lowest BCUT2D eigenvalue weighted by Crippen LogP contribution is -2.38. The van der Waals surface area contributed by atoms with E-state index in [1.165, 1.54) is 6.07 Å². The number of halogens is 3. The van der Waals surface area contributed by atoms with E-state index in [0.29, 0.717) is 18.9 Å². The van der Waals surface area contributed by atoms with Crippen LogP contribution in [0.5, 0.6) is 0 Å². The molecule has 0 bridgehead atoms. The predicted molar refractivity (Wildman–Crippen MR) is 75.1 cm³/mol. The molecule has 10 heteroatoms. The van der Waals surface area contributed by atoms with E-state index in [0.717, 1.165) is 12.1 Å². The average Bonchev–Trinajstić information content (AvgIpc) is 2.92. The Balaban J connectivity index is 2.30. The number of carbonyl (C=O) groups excluding carboxylic acids is 1. The van der Waals surface area contributed by atoms with Crippen LogP contribution in [0.3, 0.4) is 0 Å². The van der Waals surface area contributed by atoms with Gasteiger partial charge in [0.15, 0.2) is 0 Å². The molecule has 1 fully saturated rings. The van der Waals surface area contributed by atoms with Gasteiger partial charge in [-0.1, -0.05) is 0 Å². The van der Waals surface area contributed by atoms with Crippen molar-refractivity contribution in [2.24, 2.45) is 0 Å². The van der Waals surface area contributed by atoms with Gasteiger partial charge in [0.1, 0.15) is 6.10 Å². The van der Waals surface area contributed by atoms with Crippen LogP contribution in [0.25, 0.3) is 0 Å². The highest BCUT2D eigenvalue weighted by Crippen LogP contribution is 2.33. The van der Waals surface area contributed by atoms with E-state index < -0.39 is 44.2 Å². The number of benzene rings is 1. The first kappa shape index (κ1) is 18.2. The first-order valence-electron chi connectivity index (χ1n) is 6.88. The third kappa shape index (κ3) is 3.85. The fourth-order valence-electron chi connectivity index (χ4n) is 2.28. The molecule has 6 nitrogen and oxygen atoms in total. The Morgan fingerprint density at radius 1 is 1.38 bits per heavy atom. The molecule has 1 aromatic rings. The number of sulfonamides is 1. The van der Waals surface area contributed by atoms with E-state index >= 15 is 0 Å². The first-order valence-corrected chi connectivity index (χ1v) is 8.36. The number of carbonyl (C=O) groups is 1. The van der Waals surface area contributed by atoms with Gasteiger partial charge in [0.2, 0.25) is 0 Å². The van der Waals surface area contributed by atoms with Crippen molar-refractivity contribution >= 4 is 15.9 Å². The van der Waals surface area contributed by atoms with Crippen LogP contribution in [0.15, 0.2) is 23.1 Å². The molecule has 1 aromatic carbocycles. The Morgan fingerprint density at radius 3 is 2.54 bits per heavy atom. The van der Waals surface area contributed by atoms with Crippen LogP contribution in [0.4, 0.5) is 13.2 Å². The van der Waals surface area contributed by atoms with Crippen molar-refractivity contribution in [3.63, 3.8) is 0 Å². The van der Waals surface area contributed by atoms with Crippen LogP contribution < -0.4 is 4.72 Å². The monoisotopic (exact) mass is 362 g/mol. The molecular weight excluding hydrogens is 349 g/mol. The summed E-state index contributed by atoms with van der Waals surface area (Å²) in [6.07, 6.45) is -5.16. The van der Waals surface area contributed by atoms with Crippen LogP contribution in [0.2, 0.25) is 0 Å². The molecule has 1 aliphatic heterocycles. The standard InChI is InChI=1S/C14H13F3N2O4S/c1-8-2-5-12(23-8)13(20)19-24(21,22)10-4-3-9(7-18)11(6-10)14(15,16)17/h3-4,6,8,12H,2,5H2,1H3,(H,19,20)/t8-,12-/m1/s1. The van der Waals surface area contributed by atoms with Crippen molar-refractivity contribution < 1.29 is 31.1 Å². The maximum Gasteiger partial charge on any atom is 0.417 e. The SMILES string of the molecule is C[C@@H]1CC[C@H](C(=O)NS(=O)(=O)c2ccc(C#N)c(C(F)(F)F)c2)O1. The highest BCUT2D eigenvalue weighted by Gasteiger charge is 2.36. The lowest BCUT2D eigenvalue weighted by atomic mass is 10.1. The largest absolute Gasteiger partial charge is 0.417 e. The average molecular weight is 362 g/mol. The second-order valence-corrected chi connectivity index (χ2v) is 6.98. The fourth-order valence-corrected chi connectivity index (χ4v) is 3.31. The van der Waals surface area contributed by atoms with Gasteiger partial charge in [0.25, 0.3) is 15.9 Å². The maximum absolute atomic E-state index is 12.9. The van der Waals surface area contributed by atoms with Gasteiger partial charge in [-0.2, -0.15) is 18.4 Å². The summed E-state index contributed by atoms with van der Waals surface area (Å²) in [5, 5.41) is 8.70. The van der Waals surface area contributed by atoms with Crippen LogP contribution >= 0.6 is 0 Å². The molecule has 2 rings (SSSR count). The third-order valence-electron chi connectivity index (χ3n) is 3.49. The van der Waals surface area contributed by atoms with E-state index in [4.69, 9.17) is 10.00 Å². The van der Waals surface area contributed by atoms with Crippen molar-refractivity contribution in [1.29, 1.82) is 5.26 Å². The molecule has 1 heterocycles. The number of amides is 1. The molecular formula is C14H13F3N2O4S. The molecule has 0 aliphatic carbocycles. The molecule has 0 spiro atoms. The Morgan fingerprint density at radius 2 is 2.04 bits per heavy atom. The van der Waals surface area contributed by atoms with Crippen molar-refractivity contribution in [1.82, 2.24) is 4.72 Å². The Kier molecular flexibility index (Phi) is 4.87. The van der Waals surface area contributed by atoms with E-state index in [-0.39, 0.29) is 6.10 Å². The number of hydrogen-bond acceptors (Lipinski definition) is 5. The number of ether oxygens (including phenoxy) is 1. The molecule has 1 saturated heterocycles. The highest BCUT2D eigenvalue weighted by atomic mass is 32.2. The van der Waals surface area contributed by atoms with Gasteiger partial charge in [0.05, 0.1) is 28.2 Å². The summed E-state index contributed by atoms with van der Waals surface area (Å²) in [4.78, 5) is 11.1. The summed E-state index contributed by atoms with van der Waals surface area (Å²) < 4.78 is 69.9. The highest BCUT2D eigenvalue weighted by molar-refractivity contribution is 7.90. The van der Waals surface area contributed by atoms with Gasteiger partial charge in [-0.25, -0.2) is 13.1 Å². The fraction of sp³-hybridized carbons (Fsp3) is 0.429. The quantitative estimate of drug-likeness (QED) is 0.887. The Labute approximate surface area is 136 Å². The molecule has 1 aliphatic rings. The summed E-state index contributed by atoms with van der Waals surface area (Å²) in [5.41, 5.74) is -2.09. The minimum atomic E-state index is -4.90. The van der Waals surface area contributed by atoms with Crippen molar-refractivity contribution in [3.05, 3.63) is 29.3 Å². The molecule has 24 heavy (non-hydrogen) atoms. The molecule has 0 unspecified atom stereocenters. The zero-order valence-electron chi connectivity index (χ0n) is 12.4. The topological polar surface area (TPSA) is 96.3 Å². The van der Waals surface area contributed by atoms with Gasteiger partial charge in [-0.05, 0) is 38.0 Å². The lowest BCUT2D eigenvalue weighted by Gasteiger charge is -2.14. The zero-order chi connectivity index (χ0) is 18.1. The minimum absolute atomic E-state index is 0.199. The molecule has 0 aromatic heterocycles. The van der Waals surface area contributed by atoms with Crippen molar-refractivity contribution in [2.45, 2.75) is 43.0 Å². The zero-order valence-corrected chi connectivity index (χ0v) is 13.2. The number of nitrogens with zero attached hydrogens (tertiary/aromatic N) is 1. The normalized spacial score (nSPS) is 21.3. The maximum atomic E-state index is 12.9. The lowest BCUT2D eigenvalue weighted by molar-refractivity contribution is -0.138. The van der Waals surface area contributed by atoms with E-state index in [9.17, 15) is 26.4 Å². The van der Waals surface area contributed by atoms with E-state index in [2.05, 4.69) is 0 Å². The van der Waals surface area contributed by atoms with E-state index in [1.807, 2.05) is 0 Å². The first-order chi connectivity index (χ1) is 11.0. The molecule has 130 valence electrons. The van der Waals surface area contributed by atoms with Crippen molar-refractivity contribution in [2.75, 3.05) is 0 Å². The van der Waals surface area contributed by atoms with Gasteiger partial charge < -0.3 is 4.74 Å². The molecule has 2 atom stereocenters. The summed E-state index contributed by atoms with van der Waals surface area (Å²) >= 11 is 0. The molecule has 1 amide bonds. The second-order valence-electron chi connectivity index (χ2n) is 5.30. The number of hydrogen-bond donors (Lipinski definition) is 1. The van der Waals surface area contributed by atoms with Crippen molar-refractivity contribution in [3.8, 4) is 6.07 Å². The van der Waals surface area contributed by atoms with Gasteiger partial charge >= 0.3 is 6.18 Å². The van der Waals surface area contributed by atoms with Crippen LogP contribution in [-0.2, 0) is 25.7 Å². The van der Waals surface area contributed by atoms with Gasteiger partial charge in [-0.3, -0.25) is 4.79 Å². The van der Waals surface area contributed by atoms with Crippen LogP contribution in [-0.4, -0.2) is 26.5 Å². The minimum Gasteiger partial charge on any atom is -0.365 e. The van der Waals surface area contributed by atoms with Gasteiger partial charge in [0, 0.05) is 0 Å². The molecule has 0 radical (unpaired) electrons. The summed E-state index contributed by atoms with van der Waals surface area (Å²) in [5.74, 6) is -0.933. The summed E-state index contributed by atoms with van der Waals surface area (Å²) in [6.45, 7) is 1.72.